The van der Waals surface area contributed by atoms with Crippen LogP contribution < -0.4 is 5.32 Å². The molecule has 19 heavy (non-hydrogen) atoms. The van der Waals surface area contributed by atoms with Crippen LogP contribution in [0, 0.1) is 5.41 Å². The van der Waals surface area contributed by atoms with Gasteiger partial charge < -0.3 is 10.4 Å². The molecule has 4 nitrogen and oxygen atoms in total. The average molecular weight is 320 g/mol. The number of aliphatic hydroxyl groups excluding tert-OH is 1. The zero-order valence-corrected chi connectivity index (χ0v) is 13.0. The van der Waals surface area contributed by atoms with Crippen LogP contribution in [0.5, 0.6) is 0 Å². The lowest BCUT2D eigenvalue weighted by Gasteiger charge is -2.27. The molecule has 0 aromatic heterocycles. The summed E-state index contributed by atoms with van der Waals surface area (Å²) < 4.78 is 8.38. The molecule has 0 fully saturated rings. The number of nitrogens with zero attached hydrogens (tertiary/aromatic N) is 2. The fourth-order valence-electron chi connectivity index (χ4n) is 1.64. The van der Waals surface area contributed by atoms with Gasteiger partial charge in [-0.1, -0.05) is 37.0 Å². The molecular formula is C12H15Cl2N3OS. The van der Waals surface area contributed by atoms with Crippen molar-refractivity contribution >= 4 is 51.6 Å². The first kappa shape index (κ1) is 14.8. The number of anilines is 1. The zero-order valence-electron chi connectivity index (χ0n) is 10.7. The zero-order chi connectivity index (χ0) is 14.0. The summed E-state index contributed by atoms with van der Waals surface area (Å²) in [6.45, 7) is 4.77. The molecule has 0 spiro atoms. The van der Waals surface area contributed by atoms with Crippen molar-refractivity contribution in [2.24, 2.45) is 14.1 Å². The molecule has 0 saturated heterocycles. The Hall–Kier alpha value is -0.620. The minimum atomic E-state index is -0.196. The fourth-order valence-corrected chi connectivity index (χ4v) is 2.82. The maximum absolute atomic E-state index is 9.43. The van der Waals surface area contributed by atoms with Crippen LogP contribution >= 0.6 is 23.2 Å². The minimum absolute atomic E-state index is 0.111. The molecule has 0 bridgehead atoms. The number of halogens is 2. The lowest BCUT2D eigenvalue weighted by atomic mass is 9.88. The number of benzene rings is 1. The van der Waals surface area contributed by atoms with E-state index in [1.54, 1.807) is 6.07 Å². The van der Waals surface area contributed by atoms with Gasteiger partial charge in [0.2, 0.25) is 0 Å². The molecule has 0 amide bonds. The van der Waals surface area contributed by atoms with E-state index >= 15 is 0 Å². The summed E-state index contributed by atoms with van der Waals surface area (Å²) in [5, 5.41) is 13.7. The van der Waals surface area contributed by atoms with Gasteiger partial charge in [0.05, 0.1) is 33.7 Å². The summed E-state index contributed by atoms with van der Waals surface area (Å²) in [6.07, 6.45) is 0.861. The molecule has 0 saturated carbocycles. The predicted molar refractivity (Wildman–Crippen MR) is 82.0 cm³/mol. The Labute approximate surface area is 126 Å². The van der Waals surface area contributed by atoms with Crippen LogP contribution in [0.2, 0.25) is 10.0 Å². The molecule has 1 aliphatic heterocycles. The van der Waals surface area contributed by atoms with Gasteiger partial charge in [-0.3, -0.25) is 0 Å². The monoisotopic (exact) mass is 319 g/mol. The van der Waals surface area contributed by atoms with Crippen molar-refractivity contribution in [3.8, 4) is 0 Å². The third-order valence-corrected chi connectivity index (χ3v) is 4.49. The first-order valence-electron chi connectivity index (χ1n) is 5.96. The molecule has 1 unspecified atom stereocenters. The first-order chi connectivity index (χ1) is 9.00. The maximum atomic E-state index is 9.43. The molecule has 1 heterocycles. The van der Waals surface area contributed by atoms with Crippen LogP contribution in [0.3, 0.4) is 0 Å². The number of aliphatic hydroxyl groups is 1. The molecule has 1 aromatic carbocycles. The van der Waals surface area contributed by atoms with Gasteiger partial charge in [-0.15, -0.1) is 0 Å². The third kappa shape index (κ3) is 2.94. The molecule has 1 atom stereocenters. The molecule has 1 aliphatic rings. The Morgan fingerprint density at radius 1 is 1.32 bits per heavy atom. The van der Waals surface area contributed by atoms with Gasteiger partial charge in [-0.05, 0) is 12.5 Å². The average Bonchev–Trinajstić information content (AvgIpc) is 2.87. The highest BCUT2D eigenvalue weighted by atomic mass is 35.5. The lowest BCUT2D eigenvalue weighted by molar-refractivity contribution is 0.149. The molecule has 0 radical (unpaired) electrons. The summed E-state index contributed by atoms with van der Waals surface area (Å²) >= 11 is 13.4. The number of fused-ring (bicyclic) bond motifs is 1. The molecule has 104 valence electrons. The van der Waals surface area contributed by atoms with Crippen LogP contribution in [-0.4, -0.2) is 18.3 Å². The molecule has 2 N–H and O–H groups in total. The van der Waals surface area contributed by atoms with Crippen molar-refractivity contribution in [2.45, 2.75) is 20.3 Å². The quantitative estimate of drug-likeness (QED) is 0.850. The van der Waals surface area contributed by atoms with Gasteiger partial charge in [0.1, 0.15) is 11.4 Å². The first-order valence-corrected chi connectivity index (χ1v) is 7.44. The van der Waals surface area contributed by atoms with Crippen molar-refractivity contribution in [1.82, 2.24) is 0 Å². The van der Waals surface area contributed by atoms with E-state index in [4.69, 9.17) is 23.2 Å². The predicted octanol–water partition coefficient (Wildman–Crippen LogP) is 4.54. The summed E-state index contributed by atoms with van der Waals surface area (Å²) in [5.74, 6) is 0. The SMILES string of the molecule is CCC(C)(CO)CNc1c(Cl)cc(Cl)c2c1N=S=N2. The normalized spacial score (nSPS) is 15.8. The summed E-state index contributed by atoms with van der Waals surface area (Å²) in [6, 6.07) is 1.66. The van der Waals surface area contributed by atoms with E-state index in [-0.39, 0.29) is 12.0 Å². The second-order valence-electron chi connectivity index (χ2n) is 4.85. The highest BCUT2D eigenvalue weighted by molar-refractivity contribution is 7.58. The van der Waals surface area contributed by atoms with Crippen LogP contribution in [0.1, 0.15) is 20.3 Å². The maximum Gasteiger partial charge on any atom is 0.130 e. The summed E-state index contributed by atoms with van der Waals surface area (Å²) in [4.78, 5) is 0. The van der Waals surface area contributed by atoms with Crippen LogP contribution in [0.4, 0.5) is 17.1 Å². The number of rotatable bonds is 5. The molecule has 7 heteroatoms. The second-order valence-corrected chi connectivity index (χ2v) is 6.20. The molecular weight excluding hydrogens is 305 g/mol. The van der Waals surface area contributed by atoms with E-state index in [0.29, 0.717) is 28.0 Å². The third-order valence-electron chi connectivity index (χ3n) is 3.37. The molecule has 0 aliphatic carbocycles. The smallest absolute Gasteiger partial charge is 0.130 e. The second kappa shape index (κ2) is 5.79. The Morgan fingerprint density at radius 3 is 2.63 bits per heavy atom. The highest BCUT2D eigenvalue weighted by Crippen LogP contribution is 2.47. The van der Waals surface area contributed by atoms with E-state index in [2.05, 4.69) is 14.0 Å². The van der Waals surface area contributed by atoms with Crippen LogP contribution in [0.15, 0.2) is 14.8 Å². The molecule has 2 rings (SSSR count). The number of nitrogens with one attached hydrogen (secondary N) is 1. The van der Waals surface area contributed by atoms with Gasteiger partial charge in [-0.2, -0.15) is 8.73 Å². The van der Waals surface area contributed by atoms with Gasteiger partial charge in [0, 0.05) is 12.0 Å². The Kier molecular flexibility index (Phi) is 4.50. The van der Waals surface area contributed by atoms with Gasteiger partial charge >= 0.3 is 0 Å². The Balaban J connectivity index is 2.28. The standard InChI is InChI=1S/C12H15Cl2N3OS/c1-3-12(2,6-18)5-15-9-7(13)4-8(14)10-11(9)17-19-16-10/h4,15,18H,3,5-6H2,1-2H3. The topological polar surface area (TPSA) is 57.0 Å². The van der Waals surface area contributed by atoms with Crippen molar-refractivity contribution in [3.05, 3.63) is 16.1 Å². The minimum Gasteiger partial charge on any atom is -0.396 e. The summed E-state index contributed by atoms with van der Waals surface area (Å²) in [5.41, 5.74) is 1.86. The number of hydrogen-bond acceptors (Lipinski definition) is 4. The Bertz CT molecular complexity index is 567. The van der Waals surface area contributed by atoms with E-state index in [9.17, 15) is 5.11 Å². The van der Waals surface area contributed by atoms with Crippen molar-refractivity contribution in [3.63, 3.8) is 0 Å². The van der Waals surface area contributed by atoms with Crippen LogP contribution in [-0.2, 0) is 11.4 Å². The van der Waals surface area contributed by atoms with Gasteiger partial charge in [-0.25, -0.2) is 0 Å². The lowest BCUT2D eigenvalue weighted by Crippen LogP contribution is -2.29. The largest absolute Gasteiger partial charge is 0.396 e. The fraction of sp³-hybridized carbons (Fsp3) is 0.500. The van der Waals surface area contributed by atoms with Crippen molar-refractivity contribution < 1.29 is 5.11 Å². The van der Waals surface area contributed by atoms with E-state index in [0.717, 1.165) is 23.5 Å². The van der Waals surface area contributed by atoms with E-state index < -0.39 is 0 Å². The Morgan fingerprint density at radius 2 is 2.00 bits per heavy atom. The van der Waals surface area contributed by atoms with Gasteiger partial charge in [0.15, 0.2) is 0 Å². The van der Waals surface area contributed by atoms with E-state index in [1.165, 1.54) is 0 Å². The van der Waals surface area contributed by atoms with Gasteiger partial charge in [0.25, 0.3) is 0 Å². The van der Waals surface area contributed by atoms with Crippen molar-refractivity contribution in [2.75, 3.05) is 18.5 Å². The van der Waals surface area contributed by atoms with E-state index in [1.807, 2.05) is 13.8 Å². The summed E-state index contributed by atoms with van der Waals surface area (Å²) in [7, 11) is 0. The number of hydrogen-bond donors (Lipinski definition) is 2. The molecule has 1 aromatic rings. The van der Waals surface area contributed by atoms with Crippen LogP contribution in [0.25, 0.3) is 0 Å². The highest BCUT2D eigenvalue weighted by Gasteiger charge is 2.24. The van der Waals surface area contributed by atoms with Crippen molar-refractivity contribution in [1.29, 1.82) is 0 Å².